The summed E-state index contributed by atoms with van der Waals surface area (Å²) in [5, 5.41) is 6.52. The molecule has 3 heterocycles. The Kier molecular flexibility index (Phi) is 3.63. The minimum absolute atomic E-state index is 0.147. The van der Waals surface area contributed by atoms with Crippen LogP contribution < -0.4 is 5.32 Å². The maximum atomic E-state index is 5.71. The van der Waals surface area contributed by atoms with E-state index in [1.54, 1.807) is 24.8 Å². The average molecular weight is 279 g/mol. The first-order chi connectivity index (χ1) is 9.33. The Morgan fingerprint density at radius 3 is 3.05 bits per heavy atom. The molecule has 1 aliphatic heterocycles. The predicted octanol–water partition coefficient (Wildman–Crippen LogP) is 2.30. The second kappa shape index (κ2) is 5.40. The van der Waals surface area contributed by atoms with Gasteiger partial charge in [0.2, 0.25) is 0 Å². The fourth-order valence-electron chi connectivity index (χ4n) is 2.37. The van der Waals surface area contributed by atoms with Crippen LogP contribution in [-0.4, -0.2) is 42.4 Å². The molecule has 1 aliphatic rings. The number of hydrogen-bond acceptors (Lipinski definition) is 6. The monoisotopic (exact) mass is 279 g/mol. The van der Waals surface area contributed by atoms with Gasteiger partial charge in [0.1, 0.15) is 17.0 Å². The molecule has 19 heavy (non-hydrogen) atoms. The SMILES string of the molecule is COC1(CNc2ncnc3sccc23)CCOCC1. The van der Waals surface area contributed by atoms with Crippen molar-refractivity contribution >= 4 is 27.4 Å². The van der Waals surface area contributed by atoms with E-state index in [0.29, 0.717) is 0 Å². The molecule has 0 unspecified atom stereocenters. The summed E-state index contributed by atoms with van der Waals surface area (Å²) >= 11 is 1.63. The van der Waals surface area contributed by atoms with Gasteiger partial charge in [-0.15, -0.1) is 11.3 Å². The van der Waals surface area contributed by atoms with Gasteiger partial charge >= 0.3 is 0 Å². The summed E-state index contributed by atoms with van der Waals surface area (Å²) in [7, 11) is 1.77. The van der Waals surface area contributed by atoms with Crippen molar-refractivity contribution in [3.8, 4) is 0 Å². The lowest BCUT2D eigenvalue weighted by Crippen LogP contribution is -2.44. The Hall–Kier alpha value is -1.24. The second-order valence-electron chi connectivity index (χ2n) is 4.71. The highest BCUT2D eigenvalue weighted by Gasteiger charge is 2.32. The van der Waals surface area contributed by atoms with Crippen LogP contribution in [0.5, 0.6) is 0 Å². The molecule has 2 aromatic heterocycles. The third-order valence-electron chi connectivity index (χ3n) is 3.68. The van der Waals surface area contributed by atoms with Crippen LogP contribution in [0.25, 0.3) is 10.2 Å². The van der Waals surface area contributed by atoms with Crippen LogP contribution in [0.3, 0.4) is 0 Å². The molecule has 1 fully saturated rings. The van der Waals surface area contributed by atoms with E-state index in [2.05, 4.69) is 15.3 Å². The highest BCUT2D eigenvalue weighted by atomic mass is 32.1. The summed E-state index contributed by atoms with van der Waals surface area (Å²) in [6, 6.07) is 2.05. The molecular formula is C13H17N3O2S. The van der Waals surface area contributed by atoms with Crippen molar-refractivity contribution in [1.29, 1.82) is 0 Å². The first-order valence-corrected chi connectivity index (χ1v) is 7.26. The molecule has 0 spiro atoms. The Balaban J connectivity index is 1.76. The minimum atomic E-state index is -0.147. The summed E-state index contributed by atoms with van der Waals surface area (Å²) in [6.07, 6.45) is 3.42. The van der Waals surface area contributed by atoms with E-state index >= 15 is 0 Å². The molecule has 3 rings (SSSR count). The van der Waals surface area contributed by atoms with Gasteiger partial charge in [-0.1, -0.05) is 0 Å². The van der Waals surface area contributed by atoms with Gasteiger partial charge in [0.05, 0.1) is 11.0 Å². The lowest BCUT2D eigenvalue weighted by Gasteiger charge is -2.36. The van der Waals surface area contributed by atoms with Gasteiger partial charge in [-0.25, -0.2) is 9.97 Å². The molecular weight excluding hydrogens is 262 g/mol. The van der Waals surface area contributed by atoms with Gasteiger partial charge in [-0.2, -0.15) is 0 Å². The maximum absolute atomic E-state index is 5.71. The zero-order valence-electron chi connectivity index (χ0n) is 10.9. The molecule has 0 aliphatic carbocycles. The maximum Gasteiger partial charge on any atom is 0.138 e. The number of nitrogens with zero attached hydrogens (tertiary/aromatic N) is 2. The van der Waals surface area contributed by atoms with E-state index in [-0.39, 0.29) is 5.60 Å². The van der Waals surface area contributed by atoms with Crippen LogP contribution in [0.15, 0.2) is 17.8 Å². The van der Waals surface area contributed by atoms with Crippen LogP contribution in [0.2, 0.25) is 0 Å². The Morgan fingerprint density at radius 1 is 1.42 bits per heavy atom. The molecule has 5 nitrogen and oxygen atoms in total. The standard InChI is InChI=1S/C13H17N3O2S/c1-17-13(3-5-18-6-4-13)8-14-11-10-2-7-19-12(10)16-9-15-11/h2,7,9H,3-6,8H2,1H3,(H,14,15,16). The molecule has 2 aromatic rings. The summed E-state index contributed by atoms with van der Waals surface area (Å²) in [6.45, 7) is 2.26. The summed E-state index contributed by atoms with van der Waals surface area (Å²) in [5.74, 6) is 0.883. The number of aromatic nitrogens is 2. The smallest absolute Gasteiger partial charge is 0.138 e. The normalized spacial score (nSPS) is 18.6. The topological polar surface area (TPSA) is 56.3 Å². The largest absolute Gasteiger partial charge is 0.381 e. The van der Waals surface area contributed by atoms with Crippen LogP contribution in [0.4, 0.5) is 5.82 Å². The van der Waals surface area contributed by atoms with Gasteiger partial charge in [0.25, 0.3) is 0 Å². The number of thiophene rings is 1. The summed E-state index contributed by atoms with van der Waals surface area (Å²) in [5.41, 5.74) is -0.147. The van der Waals surface area contributed by atoms with Crippen molar-refractivity contribution in [1.82, 2.24) is 9.97 Å². The highest BCUT2D eigenvalue weighted by molar-refractivity contribution is 7.16. The number of hydrogen-bond donors (Lipinski definition) is 1. The molecule has 0 radical (unpaired) electrons. The molecule has 0 aromatic carbocycles. The predicted molar refractivity (Wildman–Crippen MR) is 75.7 cm³/mol. The van der Waals surface area contributed by atoms with Crippen molar-refractivity contribution in [2.45, 2.75) is 18.4 Å². The van der Waals surface area contributed by atoms with Crippen LogP contribution in [0.1, 0.15) is 12.8 Å². The van der Waals surface area contributed by atoms with Crippen molar-refractivity contribution in [3.05, 3.63) is 17.8 Å². The Morgan fingerprint density at radius 2 is 2.26 bits per heavy atom. The van der Waals surface area contributed by atoms with Gasteiger partial charge in [-0.3, -0.25) is 0 Å². The zero-order valence-corrected chi connectivity index (χ0v) is 11.7. The summed E-state index contributed by atoms with van der Waals surface area (Å²) < 4.78 is 11.1. The van der Waals surface area contributed by atoms with E-state index in [1.165, 1.54) is 0 Å². The van der Waals surface area contributed by atoms with Crippen molar-refractivity contribution in [3.63, 3.8) is 0 Å². The number of anilines is 1. The van der Waals surface area contributed by atoms with Gasteiger partial charge < -0.3 is 14.8 Å². The van der Waals surface area contributed by atoms with Gasteiger partial charge in [-0.05, 0) is 11.4 Å². The highest BCUT2D eigenvalue weighted by Crippen LogP contribution is 2.27. The number of rotatable bonds is 4. The Labute approximate surface area is 116 Å². The Bertz CT molecular complexity index is 552. The van der Waals surface area contributed by atoms with Crippen LogP contribution in [-0.2, 0) is 9.47 Å². The quantitative estimate of drug-likeness (QED) is 0.930. The molecule has 1 saturated heterocycles. The molecule has 0 bridgehead atoms. The van der Waals surface area contributed by atoms with Crippen molar-refractivity contribution in [2.75, 3.05) is 32.2 Å². The van der Waals surface area contributed by atoms with Crippen LogP contribution >= 0.6 is 11.3 Å². The average Bonchev–Trinajstić information content (AvgIpc) is 2.95. The fraction of sp³-hybridized carbons (Fsp3) is 0.538. The van der Waals surface area contributed by atoms with E-state index < -0.39 is 0 Å². The number of ether oxygens (including phenoxy) is 2. The summed E-state index contributed by atoms with van der Waals surface area (Å²) in [4.78, 5) is 9.59. The van der Waals surface area contributed by atoms with Crippen molar-refractivity contribution in [2.24, 2.45) is 0 Å². The van der Waals surface area contributed by atoms with E-state index in [4.69, 9.17) is 9.47 Å². The molecule has 102 valence electrons. The minimum Gasteiger partial charge on any atom is -0.381 e. The molecule has 0 saturated carbocycles. The van der Waals surface area contributed by atoms with Gasteiger partial charge in [0, 0.05) is 39.7 Å². The molecule has 6 heteroatoms. The first-order valence-electron chi connectivity index (χ1n) is 6.38. The van der Waals surface area contributed by atoms with E-state index in [0.717, 1.165) is 48.6 Å². The second-order valence-corrected chi connectivity index (χ2v) is 5.61. The van der Waals surface area contributed by atoms with E-state index in [9.17, 15) is 0 Å². The van der Waals surface area contributed by atoms with Gasteiger partial charge in [0.15, 0.2) is 0 Å². The van der Waals surface area contributed by atoms with Crippen LogP contribution in [0, 0.1) is 0 Å². The zero-order chi connectivity index (χ0) is 13.1. The lowest BCUT2D eigenvalue weighted by molar-refractivity contribution is -0.0807. The number of fused-ring (bicyclic) bond motifs is 1. The van der Waals surface area contributed by atoms with Crippen molar-refractivity contribution < 1.29 is 9.47 Å². The third kappa shape index (κ3) is 2.56. The number of methoxy groups -OCH3 is 1. The molecule has 0 amide bonds. The number of nitrogens with one attached hydrogen (secondary N) is 1. The molecule has 1 N–H and O–H groups in total. The molecule has 0 atom stereocenters. The van der Waals surface area contributed by atoms with E-state index in [1.807, 2.05) is 11.4 Å². The first kappa shape index (κ1) is 12.8. The third-order valence-corrected chi connectivity index (χ3v) is 4.50. The fourth-order valence-corrected chi connectivity index (χ4v) is 3.10. The lowest BCUT2D eigenvalue weighted by atomic mass is 9.94.